The van der Waals surface area contributed by atoms with Crippen LogP contribution in [-0.2, 0) is 0 Å². The van der Waals surface area contributed by atoms with Crippen molar-refractivity contribution < 1.29 is 9.84 Å². The lowest BCUT2D eigenvalue weighted by molar-refractivity contribution is -0.0368. The van der Waals surface area contributed by atoms with Crippen LogP contribution < -0.4 is 4.74 Å². The summed E-state index contributed by atoms with van der Waals surface area (Å²) in [6.45, 7) is 13.0. The number of hydrogen-bond acceptors (Lipinski definition) is 4. The van der Waals surface area contributed by atoms with Crippen LogP contribution in [0.5, 0.6) is 5.75 Å². The number of aliphatic hydroxyl groups excluding tert-OH is 1. The molecule has 0 spiro atoms. The molecule has 1 aromatic rings. The van der Waals surface area contributed by atoms with Crippen LogP contribution in [0.25, 0.3) is 0 Å². The highest BCUT2D eigenvalue weighted by atomic mass is 16.5. The van der Waals surface area contributed by atoms with E-state index in [4.69, 9.17) is 4.74 Å². The number of hydrogen-bond donors (Lipinski definition) is 1. The SMILES string of the molecule is CCOc1cncc(C(O)C(CC)(CC)N(CC)CC)c1. The minimum Gasteiger partial charge on any atom is -0.492 e. The van der Waals surface area contributed by atoms with Crippen molar-refractivity contribution in [3.63, 3.8) is 0 Å². The Morgan fingerprint density at radius 2 is 1.76 bits per heavy atom. The summed E-state index contributed by atoms with van der Waals surface area (Å²) in [7, 11) is 0. The molecule has 0 aromatic carbocycles. The molecular weight excluding hydrogens is 264 g/mol. The maximum atomic E-state index is 11.0. The number of likely N-dealkylation sites (N-methyl/N-ethyl adjacent to an activating group) is 1. The van der Waals surface area contributed by atoms with Gasteiger partial charge in [0.25, 0.3) is 0 Å². The normalized spacial score (nSPS) is 13.5. The van der Waals surface area contributed by atoms with E-state index in [-0.39, 0.29) is 5.54 Å². The zero-order valence-corrected chi connectivity index (χ0v) is 14.1. The summed E-state index contributed by atoms with van der Waals surface area (Å²) in [4.78, 5) is 6.57. The van der Waals surface area contributed by atoms with Crippen LogP contribution in [0.3, 0.4) is 0 Å². The van der Waals surface area contributed by atoms with Crippen molar-refractivity contribution in [1.82, 2.24) is 9.88 Å². The van der Waals surface area contributed by atoms with Crippen molar-refractivity contribution >= 4 is 0 Å². The lowest BCUT2D eigenvalue weighted by Gasteiger charge is -2.45. The highest BCUT2D eigenvalue weighted by molar-refractivity contribution is 5.27. The minimum absolute atomic E-state index is 0.254. The van der Waals surface area contributed by atoms with Crippen LogP contribution in [0.2, 0.25) is 0 Å². The van der Waals surface area contributed by atoms with Gasteiger partial charge in [0.2, 0.25) is 0 Å². The topological polar surface area (TPSA) is 45.6 Å². The van der Waals surface area contributed by atoms with Gasteiger partial charge in [-0.05, 0) is 38.9 Å². The summed E-state index contributed by atoms with van der Waals surface area (Å²) in [5, 5.41) is 11.0. The fourth-order valence-electron chi connectivity index (χ4n) is 3.25. The maximum Gasteiger partial charge on any atom is 0.137 e. The third-order valence-corrected chi connectivity index (χ3v) is 4.49. The maximum absolute atomic E-state index is 11.0. The zero-order valence-electron chi connectivity index (χ0n) is 14.1. The third kappa shape index (κ3) is 3.74. The first-order valence-electron chi connectivity index (χ1n) is 8.10. The van der Waals surface area contributed by atoms with E-state index >= 15 is 0 Å². The first-order valence-corrected chi connectivity index (χ1v) is 8.10. The molecule has 0 radical (unpaired) electrons. The van der Waals surface area contributed by atoms with Gasteiger partial charge in [-0.2, -0.15) is 0 Å². The molecule has 4 heteroatoms. The molecule has 0 aliphatic rings. The highest BCUT2D eigenvalue weighted by Crippen LogP contribution is 2.37. The van der Waals surface area contributed by atoms with E-state index < -0.39 is 6.10 Å². The minimum atomic E-state index is -0.569. The van der Waals surface area contributed by atoms with Gasteiger partial charge in [0.15, 0.2) is 0 Å². The van der Waals surface area contributed by atoms with Crippen LogP contribution in [-0.4, -0.2) is 40.2 Å². The predicted molar refractivity (Wildman–Crippen MR) is 86.6 cm³/mol. The molecule has 0 fully saturated rings. The number of rotatable bonds is 9. The number of pyridine rings is 1. The Labute approximate surface area is 129 Å². The molecule has 1 unspecified atom stereocenters. The van der Waals surface area contributed by atoms with Crippen LogP contribution >= 0.6 is 0 Å². The van der Waals surface area contributed by atoms with Crippen molar-refractivity contribution in [3.8, 4) is 5.75 Å². The van der Waals surface area contributed by atoms with E-state index in [0.717, 1.165) is 37.2 Å². The summed E-state index contributed by atoms with van der Waals surface area (Å²) < 4.78 is 5.50. The summed E-state index contributed by atoms with van der Waals surface area (Å²) in [6, 6.07) is 1.91. The number of aliphatic hydroxyl groups is 1. The predicted octanol–water partition coefficient (Wildman–Crippen LogP) is 3.41. The van der Waals surface area contributed by atoms with Crippen LogP contribution in [0, 0.1) is 0 Å². The van der Waals surface area contributed by atoms with Crippen molar-refractivity contribution in [2.24, 2.45) is 0 Å². The summed E-state index contributed by atoms with van der Waals surface area (Å²) >= 11 is 0. The van der Waals surface area contributed by atoms with E-state index in [1.807, 2.05) is 13.0 Å². The second-order valence-corrected chi connectivity index (χ2v) is 5.27. The van der Waals surface area contributed by atoms with Gasteiger partial charge in [-0.15, -0.1) is 0 Å². The smallest absolute Gasteiger partial charge is 0.137 e. The molecule has 4 nitrogen and oxygen atoms in total. The van der Waals surface area contributed by atoms with Crippen LogP contribution in [0.1, 0.15) is 59.1 Å². The molecule has 0 bridgehead atoms. The summed E-state index contributed by atoms with van der Waals surface area (Å²) in [5.41, 5.74) is 0.576. The second-order valence-electron chi connectivity index (χ2n) is 5.27. The van der Waals surface area contributed by atoms with Crippen molar-refractivity contribution in [2.45, 2.75) is 59.1 Å². The molecule has 0 saturated carbocycles. The average Bonchev–Trinajstić information content (AvgIpc) is 2.52. The summed E-state index contributed by atoms with van der Waals surface area (Å²) in [6.07, 6.45) is 4.66. The molecule has 1 rings (SSSR count). The fraction of sp³-hybridized carbons (Fsp3) is 0.706. The lowest BCUT2D eigenvalue weighted by atomic mass is 9.81. The molecule has 21 heavy (non-hydrogen) atoms. The summed E-state index contributed by atoms with van der Waals surface area (Å²) in [5.74, 6) is 0.717. The zero-order chi connectivity index (χ0) is 15.9. The van der Waals surface area contributed by atoms with Gasteiger partial charge >= 0.3 is 0 Å². The van der Waals surface area contributed by atoms with Gasteiger partial charge < -0.3 is 9.84 Å². The molecule has 1 heterocycles. The standard InChI is InChI=1S/C17H30N2O2/c1-6-17(7-2,19(8-3)9-4)16(20)14-11-15(21-10-5)13-18-12-14/h11-13,16,20H,6-10H2,1-5H3. The molecule has 1 aromatic heterocycles. The molecule has 0 saturated heterocycles. The Balaban J connectivity index is 3.16. The molecular formula is C17H30N2O2. The highest BCUT2D eigenvalue weighted by Gasteiger charge is 2.40. The van der Waals surface area contributed by atoms with Gasteiger partial charge in [-0.1, -0.05) is 27.7 Å². The van der Waals surface area contributed by atoms with Gasteiger partial charge in [-0.25, -0.2) is 0 Å². The number of aromatic nitrogens is 1. The molecule has 1 atom stereocenters. The average molecular weight is 294 g/mol. The van der Waals surface area contributed by atoms with Crippen molar-refractivity contribution in [2.75, 3.05) is 19.7 Å². The number of nitrogens with zero attached hydrogens (tertiary/aromatic N) is 2. The number of ether oxygens (including phenoxy) is 1. The lowest BCUT2D eigenvalue weighted by Crippen LogP contribution is -2.52. The van der Waals surface area contributed by atoms with Gasteiger partial charge in [0, 0.05) is 11.8 Å². The van der Waals surface area contributed by atoms with Crippen molar-refractivity contribution in [1.29, 1.82) is 0 Å². The van der Waals surface area contributed by atoms with E-state index in [1.54, 1.807) is 12.4 Å². The Morgan fingerprint density at radius 3 is 2.24 bits per heavy atom. The van der Waals surface area contributed by atoms with Crippen LogP contribution in [0.4, 0.5) is 0 Å². The first-order chi connectivity index (χ1) is 10.1. The largest absolute Gasteiger partial charge is 0.492 e. The van der Waals surface area contributed by atoms with E-state index in [1.165, 1.54) is 0 Å². The Kier molecular flexibility index (Phi) is 7.12. The van der Waals surface area contributed by atoms with E-state index in [0.29, 0.717) is 6.61 Å². The molecule has 1 N–H and O–H groups in total. The monoisotopic (exact) mass is 294 g/mol. The fourth-order valence-corrected chi connectivity index (χ4v) is 3.25. The quantitative estimate of drug-likeness (QED) is 0.758. The van der Waals surface area contributed by atoms with Gasteiger partial charge in [0.1, 0.15) is 5.75 Å². The van der Waals surface area contributed by atoms with E-state index in [2.05, 4.69) is 37.6 Å². The molecule has 0 aliphatic heterocycles. The Morgan fingerprint density at radius 1 is 1.14 bits per heavy atom. The molecule has 0 amide bonds. The first kappa shape index (κ1) is 17.9. The van der Waals surface area contributed by atoms with Crippen molar-refractivity contribution in [3.05, 3.63) is 24.0 Å². The molecule has 120 valence electrons. The van der Waals surface area contributed by atoms with Crippen LogP contribution in [0.15, 0.2) is 18.5 Å². The van der Waals surface area contributed by atoms with E-state index in [9.17, 15) is 5.11 Å². The van der Waals surface area contributed by atoms with Gasteiger partial charge in [-0.3, -0.25) is 9.88 Å². The Hall–Kier alpha value is -1.13. The molecule has 0 aliphatic carbocycles. The second kappa shape index (κ2) is 8.35. The Bertz CT molecular complexity index is 415. The third-order valence-electron chi connectivity index (χ3n) is 4.49. The van der Waals surface area contributed by atoms with Gasteiger partial charge in [0.05, 0.1) is 24.4 Å².